The fourth-order valence-corrected chi connectivity index (χ4v) is 3.80. The van der Waals surface area contributed by atoms with Crippen LogP contribution in [0.2, 0.25) is 5.02 Å². The average Bonchev–Trinajstić information content (AvgIpc) is 2.79. The van der Waals surface area contributed by atoms with Crippen LogP contribution in [0.4, 0.5) is 4.39 Å². The van der Waals surface area contributed by atoms with E-state index >= 15 is 0 Å². The van der Waals surface area contributed by atoms with Crippen molar-refractivity contribution in [3.63, 3.8) is 0 Å². The lowest BCUT2D eigenvalue weighted by molar-refractivity contribution is -0.132. The lowest BCUT2D eigenvalue weighted by Gasteiger charge is -2.35. The van der Waals surface area contributed by atoms with E-state index in [0.29, 0.717) is 54.3 Å². The number of rotatable bonds is 4. The standard InChI is InChI=1S/C22H20ClFN4O3/c23-14-5-6-17(24)16(13-14)22(31)28-11-9-27(10-12-28)20(29)8-7-19-25-18-4-2-1-3-15(18)21(30)26-19/h1-6,13H,7-12H2,(H,25,26,30). The highest BCUT2D eigenvalue weighted by atomic mass is 35.5. The summed E-state index contributed by atoms with van der Waals surface area (Å²) in [7, 11) is 0. The van der Waals surface area contributed by atoms with Crippen molar-refractivity contribution < 1.29 is 14.0 Å². The number of amides is 2. The van der Waals surface area contributed by atoms with Crippen LogP contribution in [0.1, 0.15) is 22.6 Å². The van der Waals surface area contributed by atoms with Gasteiger partial charge in [-0.25, -0.2) is 9.37 Å². The Balaban J connectivity index is 1.34. The number of hydrogen-bond donors (Lipinski definition) is 1. The van der Waals surface area contributed by atoms with E-state index in [9.17, 15) is 18.8 Å². The number of benzene rings is 2. The van der Waals surface area contributed by atoms with Crippen LogP contribution in [0, 0.1) is 5.82 Å². The Kier molecular flexibility index (Phi) is 5.99. The Bertz CT molecular complexity index is 1200. The van der Waals surface area contributed by atoms with E-state index in [-0.39, 0.29) is 23.5 Å². The van der Waals surface area contributed by atoms with Crippen LogP contribution >= 0.6 is 11.6 Å². The van der Waals surface area contributed by atoms with E-state index in [4.69, 9.17) is 11.6 Å². The van der Waals surface area contributed by atoms with Crippen LogP contribution < -0.4 is 5.56 Å². The average molecular weight is 443 g/mol. The van der Waals surface area contributed by atoms with Crippen molar-refractivity contribution in [1.29, 1.82) is 0 Å². The van der Waals surface area contributed by atoms with Gasteiger partial charge in [-0.2, -0.15) is 0 Å². The number of piperazine rings is 1. The molecule has 0 radical (unpaired) electrons. The van der Waals surface area contributed by atoms with Crippen LogP contribution in [0.5, 0.6) is 0 Å². The third-order valence-electron chi connectivity index (χ3n) is 5.32. The zero-order valence-electron chi connectivity index (χ0n) is 16.6. The molecule has 0 spiro atoms. The predicted molar refractivity (Wildman–Crippen MR) is 115 cm³/mol. The maximum atomic E-state index is 14.0. The topological polar surface area (TPSA) is 86.4 Å². The number of nitrogens with zero attached hydrogens (tertiary/aromatic N) is 3. The molecular formula is C22H20ClFN4O3. The lowest BCUT2D eigenvalue weighted by atomic mass is 10.1. The molecule has 2 heterocycles. The number of hydrogen-bond acceptors (Lipinski definition) is 4. The number of nitrogens with one attached hydrogen (secondary N) is 1. The Morgan fingerprint density at radius 1 is 1.06 bits per heavy atom. The zero-order valence-corrected chi connectivity index (χ0v) is 17.4. The Morgan fingerprint density at radius 2 is 1.77 bits per heavy atom. The van der Waals surface area contributed by atoms with Gasteiger partial charge in [-0.1, -0.05) is 23.7 Å². The highest BCUT2D eigenvalue weighted by Gasteiger charge is 2.26. The Hall–Kier alpha value is -3.26. The SMILES string of the molecule is O=C(CCc1nc2ccccc2c(=O)[nH]1)N1CCN(C(=O)c2cc(Cl)ccc2F)CC1. The molecule has 3 aromatic rings. The molecule has 160 valence electrons. The van der Waals surface area contributed by atoms with Gasteiger partial charge in [0.25, 0.3) is 11.5 Å². The van der Waals surface area contributed by atoms with Crippen molar-refractivity contribution in [2.75, 3.05) is 26.2 Å². The molecule has 1 fully saturated rings. The molecule has 0 bridgehead atoms. The first-order chi connectivity index (χ1) is 14.9. The summed E-state index contributed by atoms with van der Waals surface area (Å²) in [5, 5.41) is 0.799. The van der Waals surface area contributed by atoms with Gasteiger partial charge in [-0.15, -0.1) is 0 Å². The van der Waals surface area contributed by atoms with Crippen molar-refractivity contribution in [2.24, 2.45) is 0 Å². The van der Waals surface area contributed by atoms with Crippen molar-refractivity contribution >= 4 is 34.3 Å². The van der Waals surface area contributed by atoms with Gasteiger partial charge in [-0.05, 0) is 30.3 Å². The van der Waals surface area contributed by atoms with Gasteiger partial charge in [0, 0.05) is 44.0 Å². The molecule has 1 N–H and O–H groups in total. The van der Waals surface area contributed by atoms with Crippen molar-refractivity contribution in [3.8, 4) is 0 Å². The predicted octanol–water partition coefficient (Wildman–Crippen LogP) is 2.63. The summed E-state index contributed by atoms with van der Waals surface area (Å²) in [6, 6.07) is 10.9. The number of fused-ring (bicyclic) bond motifs is 1. The smallest absolute Gasteiger partial charge is 0.258 e. The fraction of sp³-hybridized carbons (Fsp3) is 0.273. The van der Waals surface area contributed by atoms with E-state index in [1.165, 1.54) is 23.1 Å². The molecule has 1 aliphatic rings. The highest BCUT2D eigenvalue weighted by Crippen LogP contribution is 2.18. The summed E-state index contributed by atoms with van der Waals surface area (Å²) in [4.78, 5) is 47.6. The number of carbonyl (C=O) groups is 2. The van der Waals surface area contributed by atoms with E-state index in [2.05, 4.69) is 9.97 Å². The number of aryl methyl sites for hydroxylation is 1. The number of H-pyrrole nitrogens is 1. The summed E-state index contributed by atoms with van der Waals surface area (Å²) in [5.74, 6) is -0.686. The van der Waals surface area contributed by atoms with E-state index in [1.54, 1.807) is 29.2 Å². The largest absolute Gasteiger partial charge is 0.339 e. The summed E-state index contributed by atoms with van der Waals surface area (Å²) < 4.78 is 14.0. The normalized spacial score (nSPS) is 14.1. The zero-order chi connectivity index (χ0) is 22.0. The molecule has 2 amide bonds. The van der Waals surface area contributed by atoms with Gasteiger partial charge in [0.15, 0.2) is 0 Å². The lowest BCUT2D eigenvalue weighted by Crippen LogP contribution is -2.50. The van der Waals surface area contributed by atoms with Crippen molar-refractivity contribution in [3.05, 3.63) is 75.0 Å². The van der Waals surface area contributed by atoms with E-state index in [1.807, 2.05) is 0 Å². The number of aromatic amines is 1. The molecule has 1 aliphatic heterocycles. The Morgan fingerprint density at radius 3 is 2.55 bits per heavy atom. The minimum Gasteiger partial charge on any atom is -0.339 e. The molecule has 31 heavy (non-hydrogen) atoms. The fourth-order valence-electron chi connectivity index (χ4n) is 3.63. The van der Waals surface area contributed by atoms with Crippen LogP contribution in [0.25, 0.3) is 10.9 Å². The van der Waals surface area contributed by atoms with Gasteiger partial charge in [-0.3, -0.25) is 14.4 Å². The Labute approximate surface area is 182 Å². The molecule has 1 aromatic heterocycles. The maximum absolute atomic E-state index is 14.0. The van der Waals surface area contributed by atoms with Gasteiger partial charge in [0.2, 0.25) is 5.91 Å². The second kappa shape index (κ2) is 8.85. The van der Waals surface area contributed by atoms with E-state index in [0.717, 1.165) is 0 Å². The third-order valence-corrected chi connectivity index (χ3v) is 5.55. The van der Waals surface area contributed by atoms with Gasteiger partial charge >= 0.3 is 0 Å². The summed E-state index contributed by atoms with van der Waals surface area (Å²) in [6.45, 7) is 1.33. The third kappa shape index (κ3) is 4.59. The van der Waals surface area contributed by atoms with Gasteiger partial charge in [0.05, 0.1) is 16.5 Å². The van der Waals surface area contributed by atoms with Crippen LogP contribution in [-0.2, 0) is 11.2 Å². The summed E-state index contributed by atoms with van der Waals surface area (Å²) in [5.41, 5.74) is 0.293. The first-order valence-electron chi connectivity index (χ1n) is 9.92. The highest BCUT2D eigenvalue weighted by molar-refractivity contribution is 6.31. The van der Waals surface area contributed by atoms with E-state index < -0.39 is 11.7 Å². The van der Waals surface area contributed by atoms with Crippen molar-refractivity contribution in [1.82, 2.24) is 19.8 Å². The molecule has 2 aromatic carbocycles. The van der Waals surface area contributed by atoms with Gasteiger partial charge in [0.1, 0.15) is 11.6 Å². The van der Waals surface area contributed by atoms with Crippen LogP contribution in [0.3, 0.4) is 0 Å². The quantitative estimate of drug-likeness (QED) is 0.673. The van der Waals surface area contributed by atoms with Gasteiger partial charge < -0.3 is 14.8 Å². The molecule has 0 saturated carbocycles. The molecule has 0 atom stereocenters. The number of aromatic nitrogens is 2. The van der Waals surface area contributed by atoms with Crippen LogP contribution in [0.15, 0.2) is 47.3 Å². The van der Waals surface area contributed by atoms with Crippen molar-refractivity contribution in [2.45, 2.75) is 12.8 Å². The molecule has 7 nitrogen and oxygen atoms in total. The number of para-hydroxylation sites is 1. The van der Waals surface area contributed by atoms with Crippen LogP contribution in [-0.4, -0.2) is 57.8 Å². The summed E-state index contributed by atoms with van der Waals surface area (Å²) in [6.07, 6.45) is 0.504. The maximum Gasteiger partial charge on any atom is 0.258 e. The number of halogens is 2. The second-order valence-electron chi connectivity index (χ2n) is 7.33. The number of carbonyl (C=O) groups excluding carboxylic acids is 2. The first kappa shape index (κ1) is 21.0. The summed E-state index contributed by atoms with van der Waals surface area (Å²) >= 11 is 5.87. The monoisotopic (exact) mass is 442 g/mol. The first-order valence-corrected chi connectivity index (χ1v) is 10.3. The minimum atomic E-state index is -0.621. The second-order valence-corrected chi connectivity index (χ2v) is 7.76. The minimum absolute atomic E-state index is 0.0707. The molecule has 9 heteroatoms. The molecule has 0 unspecified atom stereocenters. The molecular weight excluding hydrogens is 423 g/mol. The molecule has 1 saturated heterocycles. The molecule has 0 aliphatic carbocycles. The molecule has 4 rings (SSSR count).